The molecule has 0 radical (unpaired) electrons. The van der Waals surface area contributed by atoms with Crippen molar-refractivity contribution in [1.29, 1.82) is 0 Å². The predicted molar refractivity (Wildman–Crippen MR) is 75.5 cm³/mol. The van der Waals surface area contributed by atoms with Gasteiger partial charge in [0.2, 0.25) is 0 Å². The average molecular weight is 268 g/mol. The van der Waals surface area contributed by atoms with Gasteiger partial charge in [0.25, 0.3) is 0 Å². The second kappa shape index (κ2) is 8.97. The first-order chi connectivity index (χ1) is 8.74. The Hall–Kier alpha value is -1.04. The van der Waals surface area contributed by atoms with E-state index in [0.717, 1.165) is 25.0 Å². The first-order valence-corrected chi connectivity index (χ1v) is 6.55. The molecule has 5 heteroatoms. The Kier molecular flexibility index (Phi) is 7.48. The lowest BCUT2D eigenvalue weighted by molar-refractivity contribution is 0.0396. The molecule has 1 aromatic rings. The van der Waals surface area contributed by atoms with Gasteiger partial charge in [0.1, 0.15) is 4.99 Å². The smallest absolute Gasteiger partial charge is 0.122 e. The number of nitrogens with zero attached hydrogens (tertiary/aromatic N) is 1. The standard InChI is InChI=1S/C13H20N2O2S/c1-2-3-6-16-7-8-17-10-11-4-5-15-12(9-11)13(14)18/h4-5,9H,2-3,6-8,10H2,1H3,(H2,14,18). The number of ether oxygens (including phenoxy) is 2. The molecule has 0 spiro atoms. The van der Waals surface area contributed by atoms with Crippen LogP contribution in [0.2, 0.25) is 0 Å². The Bertz CT molecular complexity index is 372. The van der Waals surface area contributed by atoms with E-state index in [1.807, 2.05) is 12.1 Å². The molecule has 0 amide bonds. The summed E-state index contributed by atoms with van der Waals surface area (Å²) in [6.07, 6.45) is 3.94. The van der Waals surface area contributed by atoms with Gasteiger partial charge in [-0.2, -0.15) is 0 Å². The van der Waals surface area contributed by atoms with Crippen molar-refractivity contribution >= 4 is 17.2 Å². The summed E-state index contributed by atoms with van der Waals surface area (Å²) in [6.45, 7) is 4.69. The third-order valence-electron chi connectivity index (χ3n) is 2.36. The van der Waals surface area contributed by atoms with E-state index in [2.05, 4.69) is 11.9 Å². The predicted octanol–water partition coefficient (Wildman–Crippen LogP) is 2.05. The van der Waals surface area contributed by atoms with Crippen LogP contribution in [-0.2, 0) is 16.1 Å². The number of aromatic nitrogens is 1. The lowest BCUT2D eigenvalue weighted by atomic mass is 10.2. The molecule has 0 fully saturated rings. The first kappa shape index (κ1) is 15.0. The minimum absolute atomic E-state index is 0.305. The zero-order valence-electron chi connectivity index (χ0n) is 10.7. The van der Waals surface area contributed by atoms with Gasteiger partial charge in [-0.3, -0.25) is 4.98 Å². The Labute approximate surface area is 113 Å². The second-order valence-electron chi connectivity index (χ2n) is 3.93. The highest BCUT2D eigenvalue weighted by molar-refractivity contribution is 7.80. The molecule has 0 aliphatic heterocycles. The van der Waals surface area contributed by atoms with Crippen molar-refractivity contribution in [3.05, 3.63) is 29.6 Å². The Morgan fingerprint density at radius 1 is 1.33 bits per heavy atom. The van der Waals surface area contributed by atoms with Crippen LogP contribution in [0, 0.1) is 0 Å². The van der Waals surface area contributed by atoms with E-state index in [0.29, 0.717) is 30.5 Å². The highest BCUT2D eigenvalue weighted by atomic mass is 32.1. The second-order valence-corrected chi connectivity index (χ2v) is 4.37. The van der Waals surface area contributed by atoms with Crippen molar-refractivity contribution in [3.63, 3.8) is 0 Å². The van der Waals surface area contributed by atoms with Crippen molar-refractivity contribution in [2.75, 3.05) is 19.8 Å². The molecular weight excluding hydrogens is 248 g/mol. The van der Waals surface area contributed by atoms with E-state index in [9.17, 15) is 0 Å². The van der Waals surface area contributed by atoms with Gasteiger partial charge in [-0.05, 0) is 24.1 Å². The van der Waals surface area contributed by atoms with Gasteiger partial charge in [0, 0.05) is 12.8 Å². The number of nitrogens with two attached hydrogens (primary N) is 1. The van der Waals surface area contributed by atoms with E-state index in [1.54, 1.807) is 6.20 Å². The summed E-state index contributed by atoms with van der Waals surface area (Å²) in [6, 6.07) is 3.74. The van der Waals surface area contributed by atoms with Crippen molar-refractivity contribution in [2.24, 2.45) is 5.73 Å². The van der Waals surface area contributed by atoms with Crippen LogP contribution in [0.3, 0.4) is 0 Å². The lowest BCUT2D eigenvalue weighted by Gasteiger charge is -2.06. The number of hydrogen-bond donors (Lipinski definition) is 1. The molecule has 0 saturated heterocycles. The molecule has 0 aliphatic carbocycles. The number of thiocarbonyl (C=S) groups is 1. The fourth-order valence-corrected chi connectivity index (χ4v) is 1.47. The Balaban J connectivity index is 2.19. The van der Waals surface area contributed by atoms with E-state index in [4.69, 9.17) is 27.4 Å². The van der Waals surface area contributed by atoms with Crippen LogP contribution in [0.5, 0.6) is 0 Å². The summed E-state index contributed by atoms with van der Waals surface area (Å²) < 4.78 is 10.9. The summed E-state index contributed by atoms with van der Waals surface area (Å²) in [5, 5.41) is 0. The van der Waals surface area contributed by atoms with Crippen molar-refractivity contribution < 1.29 is 9.47 Å². The van der Waals surface area contributed by atoms with Crippen LogP contribution < -0.4 is 5.73 Å². The van der Waals surface area contributed by atoms with Gasteiger partial charge in [0.15, 0.2) is 0 Å². The molecule has 1 heterocycles. The van der Waals surface area contributed by atoms with Crippen LogP contribution in [0.4, 0.5) is 0 Å². The summed E-state index contributed by atoms with van der Waals surface area (Å²) in [5.41, 5.74) is 7.16. The fraction of sp³-hybridized carbons (Fsp3) is 0.538. The van der Waals surface area contributed by atoms with Gasteiger partial charge in [-0.1, -0.05) is 25.6 Å². The number of rotatable bonds is 9. The number of unbranched alkanes of at least 4 members (excludes halogenated alkanes) is 1. The minimum atomic E-state index is 0.305. The number of pyridine rings is 1. The average Bonchev–Trinajstić information content (AvgIpc) is 2.38. The summed E-state index contributed by atoms with van der Waals surface area (Å²) in [5.74, 6) is 0. The third kappa shape index (κ3) is 6.05. The van der Waals surface area contributed by atoms with Crippen molar-refractivity contribution in [3.8, 4) is 0 Å². The molecule has 100 valence electrons. The summed E-state index contributed by atoms with van der Waals surface area (Å²) >= 11 is 4.87. The molecule has 1 rings (SSSR count). The SMILES string of the molecule is CCCCOCCOCc1ccnc(C(N)=S)c1. The normalized spacial score (nSPS) is 10.5. The Morgan fingerprint density at radius 3 is 2.83 bits per heavy atom. The maximum atomic E-state index is 5.51. The monoisotopic (exact) mass is 268 g/mol. The first-order valence-electron chi connectivity index (χ1n) is 6.14. The molecule has 0 unspecified atom stereocenters. The van der Waals surface area contributed by atoms with Gasteiger partial charge >= 0.3 is 0 Å². The zero-order valence-corrected chi connectivity index (χ0v) is 11.5. The third-order valence-corrected chi connectivity index (χ3v) is 2.57. The van der Waals surface area contributed by atoms with E-state index >= 15 is 0 Å². The maximum Gasteiger partial charge on any atom is 0.122 e. The van der Waals surface area contributed by atoms with Gasteiger partial charge in [-0.25, -0.2) is 0 Å². The molecular formula is C13H20N2O2S. The van der Waals surface area contributed by atoms with E-state index in [-0.39, 0.29) is 0 Å². The van der Waals surface area contributed by atoms with Crippen molar-refractivity contribution in [2.45, 2.75) is 26.4 Å². The van der Waals surface area contributed by atoms with E-state index in [1.165, 1.54) is 0 Å². The molecule has 0 aliphatic rings. The van der Waals surface area contributed by atoms with Gasteiger partial charge in [0.05, 0.1) is 25.5 Å². The maximum absolute atomic E-state index is 5.51. The molecule has 0 saturated carbocycles. The topological polar surface area (TPSA) is 57.4 Å². The van der Waals surface area contributed by atoms with Gasteiger partial charge in [-0.15, -0.1) is 0 Å². The van der Waals surface area contributed by atoms with Crippen LogP contribution >= 0.6 is 12.2 Å². The molecule has 0 aromatic carbocycles. The molecule has 18 heavy (non-hydrogen) atoms. The van der Waals surface area contributed by atoms with Crippen molar-refractivity contribution in [1.82, 2.24) is 4.98 Å². The molecule has 1 aromatic heterocycles. The van der Waals surface area contributed by atoms with E-state index < -0.39 is 0 Å². The highest BCUT2D eigenvalue weighted by Gasteiger charge is 2.00. The van der Waals surface area contributed by atoms with Gasteiger partial charge < -0.3 is 15.2 Å². The lowest BCUT2D eigenvalue weighted by Crippen LogP contribution is -2.12. The fourth-order valence-electron chi connectivity index (χ4n) is 1.36. The Morgan fingerprint density at radius 2 is 2.11 bits per heavy atom. The van der Waals surface area contributed by atoms with Crippen LogP contribution in [0.1, 0.15) is 31.0 Å². The molecule has 2 N–H and O–H groups in total. The minimum Gasteiger partial charge on any atom is -0.388 e. The van der Waals surface area contributed by atoms with Crippen LogP contribution in [0.15, 0.2) is 18.3 Å². The zero-order chi connectivity index (χ0) is 13.2. The summed E-state index contributed by atoms with van der Waals surface area (Å²) in [7, 11) is 0. The quantitative estimate of drug-likeness (QED) is 0.548. The molecule has 0 bridgehead atoms. The number of hydrogen-bond acceptors (Lipinski definition) is 4. The molecule has 0 atom stereocenters. The summed E-state index contributed by atoms with van der Waals surface area (Å²) in [4.78, 5) is 4.38. The largest absolute Gasteiger partial charge is 0.388 e. The van der Waals surface area contributed by atoms with Crippen LogP contribution in [0.25, 0.3) is 0 Å². The molecule has 4 nitrogen and oxygen atoms in total. The van der Waals surface area contributed by atoms with Crippen LogP contribution in [-0.4, -0.2) is 29.8 Å². The highest BCUT2D eigenvalue weighted by Crippen LogP contribution is 2.03.